The molecule has 1 saturated heterocycles. The molecule has 0 amide bonds. The number of thiocarbonyl (C=S) groups is 1. The van der Waals surface area contributed by atoms with Crippen LogP contribution in [0.15, 0.2) is 47.6 Å². The highest BCUT2D eigenvalue weighted by Crippen LogP contribution is 2.27. The van der Waals surface area contributed by atoms with Crippen molar-refractivity contribution in [3.8, 4) is 0 Å². The van der Waals surface area contributed by atoms with Gasteiger partial charge in [0.1, 0.15) is 11.6 Å². The van der Waals surface area contributed by atoms with Crippen LogP contribution in [0.3, 0.4) is 0 Å². The molecule has 136 valence electrons. The van der Waals surface area contributed by atoms with E-state index in [2.05, 4.69) is 28.1 Å². The predicted molar refractivity (Wildman–Crippen MR) is 103 cm³/mol. The van der Waals surface area contributed by atoms with Crippen molar-refractivity contribution in [3.63, 3.8) is 0 Å². The number of hydrogen-bond acceptors (Lipinski definition) is 4. The number of nitrogens with zero attached hydrogens (tertiary/aromatic N) is 2. The minimum Gasteiger partial charge on any atom is -0.375 e. The lowest BCUT2D eigenvalue weighted by atomic mass is 10.0. The number of nitrogens with two attached hydrogens (primary N) is 1. The topological polar surface area (TPSA) is 65.7 Å². The summed E-state index contributed by atoms with van der Waals surface area (Å²) in [6, 6.07) is 12.3. The van der Waals surface area contributed by atoms with Gasteiger partial charge in [0.25, 0.3) is 0 Å². The first-order valence-corrected chi connectivity index (χ1v) is 8.56. The first-order chi connectivity index (χ1) is 12.5. The molecular formula is C18H19F2N5S. The van der Waals surface area contributed by atoms with Crippen LogP contribution in [0.1, 0.15) is 17.2 Å². The van der Waals surface area contributed by atoms with E-state index in [0.717, 1.165) is 17.8 Å². The molecule has 0 unspecified atom stereocenters. The van der Waals surface area contributed by atoms with Gasteiger partial charge in [0.2, 0.25) is 0 Å². The SMILES string of the molecule is NC(=S)N/N=C/c1cc(F)c(N2CCN[C@H](c3ccccc3)C2)cc1F. The van der Waals surface area contributed by atoms with Gasteiger partial charge in [0.05, 0.1) is 11.9 Å². The molecule has 1 fully saturated rings. The molecule has 8 heteroatoms. The van der Waals surface area contributed by atoms with Crippen LogP contribution in [-0.2, 0) is 0 Å². The van der Waals surface area contributed by atoms with Crippen LogP contribution in [0.4, 0.5) is 14.5 Å². The Balaban J connectivity index is 1.79. The van der Waals surface area contributed by atoms with Crippen molar-refractivity contribution in [1.29, 1.82) is 0 Å². The maximum absolute atomic E-state index is 14.6. The predicted octanol–water partition coefficient (Wildman–Crippen LogP) is 2.28. The second-order valence-corrected chi connectivity index (χ2v) is 6.36. The van der Waals surface area contributed by atoms with Gasteiger partial charge >= 0.3 is 0 Å². The van der Waals surface area contributed by atoms with Gasteiger partial charge in [-0.1, -0.05) is 30.3 Å². The zero-order valence-corrected chi connectivity index (χ0v) is 14.8. The van der Waals surface area contributed by atoms with E-state index in [0.29, 0.717) is 19.6 Å². The van der Waals surface area contributed by atoms with Crippen molar-refractivity contribution < 1.29 is 8.78 Å². The molecule has 1 aliphatic rings. The Kier molecular flexibility index (Phi) is 5.75. The zero-order chi connectivity index (χ0) is 18.5. The van der Waals surface area contributed by atoms with Crippen molar-refractivity contribution in [2.45, 2.75) is 6.04 Å². The molecule has 1 aliphatic heterocycles. The normalized spacial score (nSPS) is 17.5. The van der Waals surface area contributed by atoms with Gasteiger partial charge < -0.3 is 16.0 Å². The first-order valence-electron chi connectivity index (χ1n) is 8.15. The van der Waals surface area contributed by atoms with E-state index in [1.807, 2.05) is 35.2 Å². The molecule has 3 rings (SSSR count). The minimum absolute atomic E-state index is 0.0183. The molecule has 0 spiro atoms. The lowest BCUT2D eigenvalue weighted by Gasteiger charge is -2.35. The zero-order valence-electron chi connectivity index (χ0n) is 14.0. The van der Waals surface area contributed by atoms with Gasteiger partial charge in [-0.15, -0.1) is 0 Å². The van der Waals surface area contributed by atoms with Crippen LogP contribution in [0.25, 0.3) is 0 Å². The molecule has 1 atom stereocenters. The molecular weight excluding hydrogens is 356 g/mol. The maximum Gasteiger partial charge on any atom is 0.184 e. The average molecular weight is 375 g/mol. The van der Waals surface area contributed by atoms with Crippen molar-refractivity contribution in [2.75, 3.05) is 24.5 Å². The number of hydrogen-bond donors (Lipinski definition) is 3. The van der Waals surface area contributed by atoms with Gasteiger partial charge in [0.15, 0.2) is 5.11 Å². The fourth-order valence-electron chi connectivity index (χ4n) is 2.94. The van der Waals surface area contributed by atoms with Gasteiger partial charge in [-0.2, -0.15) is 5.10 Å². The molecule has 2 aromatic rings. The third-order valence-electron chi connectivity index (χ3n) is 4.16. The standard InChI is InChI=1S/C18H19F2N5S/c19-14-9-17(15(20)8-13(14)10-23-24-18(21)26)25-7-6-22-16(11-25)12-4-2-1-3-5-12/h1-5,8-10,16,22H,6-7,11H2,(H3,21,24,26)/b23-10+/t16-/m0/s1. The molecule has 0 bridgehead atoms. The van der Waals surface area contributed by atoms with E-state index < -0.39 is 11.6 Å². The Hall–Kier alpha value is -2.58. The highest BCUT2D eigenvalue weighted by atomic mass is 32.1. The van der Waals surface area contributed by atoms with Crippen LogP contribution < -0.4 is 21.4 Å². The second kappa shape index (κ2) is 8.20. The number of rotatable bonds is 4. The largest absolute Gasteiger partial charge is 0.375 e. The van der Waals surface area contributed by atoms with Gasteiger partial charge in [-0.25, -0.2) is 8.78 Å². The molecule has 2 aromatic carbocycles. The smallest absolute Gasteiger partial charge is 0.184 e. The Morgan fingerprint density at radius 2 is 2.04 bits per heavy atom. The maximum atomic E-state index is 14.6. The molecule has 0 aromatic heterocycles. The van der Waals surface area contributed by atoms with Crippen LogP contribution in [0.5, 0.6) is 0 Å². The van der Waals surface area contributed by atoms with Crippen molar-refractivity contribution in [2.24, 2.45) is 10.8 Å². The molecule has 4 N–H and O–H groups in total. The fraction of sp³-hybridized carbons (Fsp3) is 0.222. The lowest BCUT2D eigenvalue weighted by Crippen LogP contribution is -2.46. The Bertz CT molecular complexity index is 813. The molecule has 0 radical (unpaired) electrons. The van der Waals surface area contributed by atoms with Crippen LogP contribution >= 0.6 is 12.2 Å². The third-order valence-corrected chi connectivity index (χ3v) is 4.25. The van der Waals surface area contributed by atoms with Crippen molar-refractivity contribution in [3.05, 3.63) is 65.2 Å². The number of halogens is 2. The van der Waals surface area contributed by atoms with E-state index in [1.54, 1.807) is 0 Å². The Morgan fingerprint density at radius 3 is 2.77 bits per heavy atom. The fourth-order valence-corrected chi connectivity index (χ4v) is 2.99. The van der Waals surface area contributed by atoms with E-state index >= 15 is 0 Å². The van der Waals surface area contributed by atoms with Crippen LogP contribution in [0.2, 0.25) is 0 Å². The summed E-state index contributed by atoms with van der Waals surface area (Å²) in [7, 11) is 0. The molecule has 1 heterocycles. The number of nitrogens with one attached hydrogen (secondary N) is 2. The van der Waals surface area contributed by atoms with Gasteiger partial charge in [-0.05, 0) is 23.8 Å². The quantitative estimate of drug-likeness (QED) is 0.435. The van der Waals surface area contributed by atoms with E-state index in [4.69, 9.17) is 5.73 Å². The number of benzene rings is 2. The summed E-state index contributed by atoms with van der Waals surface area (Å²) in [4.78, 5) is 1.85. The monoisotopic (exact) mass is 375 g/mol. The summed E-state index contributed by atoms with van der Waals surface area (Å²) in [5.41, 5.74) is 8.92. The summed E-state index contributed by atoms with van der Waals surface area (Å²) < 4.78 is 28.9. The van der Waals surface area contributed by atoms with E-state index in [1.165, 1.54) is 6.07 Å². The highest BCUT2D eigenvalue weighted by molar-refractivity contribution is 7.80. The summed E-state index contributed by atoms with van der Waals surface area (Å²) >= 11 is 4.60. The molecule has 5 nitrogen and oxygen atoms in total. The first kappa shape index (κ1) is 18.2. The van der Waals surface area contributed by atoms with Crippen molar-refractivity contribution in [1.82, 2.24) is 10.7 Å². The summed E-state index contributed by atoms with van der Waals surface area (Å²) in [6.07, 6.45) is 1.14. The molecule has 26 heavy (non-hydrogen) atoms. The van der Waals surface area contributed by atoms with Gasteiger partial charge in [-0.3, -0.25) is 5.43 Å². The van der Waals surface area contributed by atoms with E-state index in [-0.39, 0.29) is 22.4 Å². The number of hydrazone groups is 1. The van der Waals surface area contributed by atoms with Crippen LogP contribution in [-0.4, -0.2) is 31.0 Å². The van der Waals surface area contributed by atoms with Gasteiger partial charge in [0, 0.05) is 37.3 Å². The Labute approximate surface area is 155 Å². The minimum atomic E-state index is -0.565. The number of anilines is 1. The Morgan fingerprint density at radius 1 is 1.27 bits per heavy atom. The van der Waals surface area contributed by atoms with Crippen LogP contribution in [0, 0.1) is 11.6 Å². The summed E-state index contributed by atoms with van der Waals surface area (Å²) in [6.45, 7) is 1.83. The summed E-state index contributed by atoms with van der Waals surface area (Å²) in [5, 5.41) is 7.02. The number of piperazine rings is 1. The molecule has 0 saturated carbocycles. The van der Waals surface area contributed by atoms with E-state index in [9.17, 15) is 8.78 Å². The lowest BCUT2D eigenvalue weighted by molar-refractivity contribution is 0.465. The average Bonchev–Trinajstić information content (AvgIpc) is 2.65. The highest BCUT2D eigenvalue weighted by Gasteiger charge is 2.23. The molecule has 0 aliphatic carbocycles. The summed E-state index contributed by atoms with van der Waals surface area (Å²) in [5.74, 6) is -1.07. The third kappa shape index (κ3) is 4.33. The van der Waals surface area contributed by atoms with Crippen molar-refractivity contribution >= 4 is 29.2 Å². The second-order valence-electron chi connectivity index (χ2n) is 5.92.